The minimum absolute atomic E-state index is 0.00633. The topological polar surface area (TPSA) is 53.6 Å². The molecule has 0 saturated carbocycles. The first kappa shape index (κ1) is 12.7. The molecule has 0 unspecified atom stereocenters. The van der Waals surface area contributed by atoms with Crippen LogP contribution in [0.25, 0.3) is 0 Å². The maximum absolute atomic E-state index is 11.7. The number of urea groups is 1. The number of hydrogen-bond acceptors (Lipinski definition) is 3. The van der Waals surface area contributed by atoms with E-state index in [0.29, 0.717) is 13.2 Å². The van der Waals surface area contributed by atoms with Gasteiger partial charge >= 0.3 is 6.03 Å². The molecule has 1 saturated heterocycles. The van der Waals surface area contributed by atoms with Crippen LogP contribution in [-0.4, -0.2) is 50.3 Å². The highest BCUT2D eigenvalue weighted by Crippen LogP contribution is 2.07. The predicted molar refractivity (Wildman–Crippen MR) is 69.8 cm³/mol. The van der Waals surface area contributed by atoms with Crippen LogP contribution >= 0.6 is 0 Å². The SMILES string of the molecule is O=C(NCCOc1ccccc1)N1CCNCC1. The molecule has 5 heteroatoms. The largest absolute Gasteiger partial charge is 0.492 e. The van der Waals surface area contributed by atoms with Crippen LogP contribution in [0.2, 0.25) is 0 Å². The third kappa shape index (κ3) is 3.92. The Labute approximate surface area is 107 Å². The van der Waals surface area contributed by atoms with Crippen LogP contribution in [0.4, 0.5) is 4.79 Å². The number of ether oxygens (including phenoxy) is 1. The van der Waals surface area contributed by atoms with Gasteiger partial charge in [-0.1, -0.05) is 18.2 Å². The quantitative estimate of drug-likeness (QED) is 0.772. The molecular formula is C13H19N3O2. The minimum Gasteiger partial charge on any atom is -0.492 e. The summed E-state index contributed by atoms with van der Waals surface area (Å²) in [5, 5.41) is 6.07. The summed E-state index contributed by atoms with van der Waals surface area (Å²) in [6, 6.07) is 9.59. The fourth-order valence-corrected chi connectivity index (χ4v) is 1.82. The number of benzene rings is 1. The molecule has 0 radical (unpaired) electrons. The van der Waals surface area contributed by atoms with E-state index in [0.717, 1.165) is 31.9 Å². The number of piperazine rings is 1. The van der Waals surface area contributed by atoms with Crippen LogP contribution < -0.4 is 15.4 Å². The molecule has 0 aliphatic carbocycles. The van der Waals surface area contributed by atoms with Crippen molar-refractivity contribution in [2.24, 2.45) is 0 Å². The van der Waals surface area contributed by atoms with Crippen molar-refractivity contribution >= 4 is 6.03 Å². The van der Waals surface area contributed by atoms with Gasteiger partial charge in [0.1, 0.15) is 12.4 Å². The highest BCUT2D eigenvalue weighted by atomic mass is 16.5. The molecule has 0 atom stereocenters. The normalized spacial score (nSPS) is 15.2. The number of nitrogens with zero attached hydrogens (tertiary/aromatic N) is 1. The maximum atomic E-state index is 11.7. The molecule has 98 valence electrons. The number of hydrogen-bond donors (Lipinski definition) is 2. The summed E-state index contributed by atoms with van der Waals surface area (Å²) in [6.07, 6.45) is 0. The fraction of sp³-hybridized carbons (Fsp3) is 0.462. The molecule has 1 aliphatic rings. The molecule has 0 bridgehead atoms. The van der Waals surface area contributed by atoms with Crippen LogP contribution in [0.1, 0.15) is 0 Å². The van der Waals surface area contributed by atoms with Crippen molar-refractivity contribution in [1.29, 1.82) is 0 Å². The Morgan fingerprint density at radius 3 is 2.72 bits per heavy atom. The lowest BCUT2D eigenvalue weighted by molar-refractivity contribution is 0.187. The van der Waals surface area contributed by atoms with Crippen LogP contribution in [-0.2, 0) is 0 Å². The number of carbonyl (C=O) groups is 1. The number of amides is 2. The first-order valence-corrected chi connectivity index (χ1v) is 6.27. The van der Waals surface area contributed by atoms with Crippen molar-refractivity contribution in [3.8, 4) is 5.75 Å². The van der Waals surface area contributed by atoms with Crippen molar-refractivity contribution < 1.29 is 9.53 Å². The van der Waals surface area contributed by atoms with E-state index < -0.39 is 0 Å². The maximum Gasteiger partial charge on any atom is 0.317 e. The van der Waals surface area contributed by atoms with Gasteiger partial charge in [0, 0.05) is 26.2 Å². The summed E-state index contributed by atoms with van der Waals surface area (Å²) in [5.41, 5.74) is 0. The summed E-state index contributed by atoms with van der Waals surface area (Å²) in [5.74, 6) is 0.828. The molecule has 5 nitrogen and oxygen atoms in total. The van der Waals surface area contributed by atoms with Gasteiger partial charge in [0.25, 0.3) is 0 Å². The van der Waals surface area contributed by atoms with Crippen molar-refractivity contribution in [2.75, 3.05) is 39.3 Å². The average Bonchev–Trinajstić information content (AvgIpc) is 2.45. The first-order chi connectivity index (χ1) is 8.86. The molecule has 1 fully saturated rings. The molecule has 1 aromatic rings. The van der Waals surface area contributed by atoms with Crippen molar-refractivity contribution in [3.05, 3.63) is 30.3 Å². The summed E-state index contributed by atoms with van der Waals surface area (Å²) in [4.78, 5) is 13.6. The van der Waals surface area contributed by atoms with Crippen LogP contribution in [0.5, 0.6) is 5.75 Å². The second kappa shape index (κ2) is 6.86. The summed E-state index contributed by atoms with van der Waals surface area (Å²) < 4.78 is 5.50. The Morgan fingerprint density at radius 1 is 1.28 bits per heavy atom. The standard InChI is InChI=1S/C13H19N3O2/c17-13(16-9-6-14-7-10-16)15-8-11-18-12-4-2-1-3-5-12/h1-5,14H,6-11H2,(H,15,17). The minimum atomic E-state index is -0.00633. The van der Waals surface area contributed by atoms with E-state index in [9.17, 15) is 4.79 Å². The second-order valence-corrected chi connectivity index (χ2v) is 4.13. The van der Waals surface area contributed by atoms with Gasteiger partial charge in [-0.25, -0.2) is 4.79 Å². The Hall–Kier alpha value is -1.75. The summed E-state index contributed by atoms with van der Waals surface area (Å²) in [6.45, 7) is 4.29. The zero-order valence-corrected chi connectivity index (χ0v) is 10.4. The molecule has 1 aromatic carbocycles. The van der Waals surface area contributed by atoms with Gasteiger partial charge in [-0.2, -0.15) is 0 Å². The molecule has 2 rings (SSSR count). The smallest absolute Gasteiger partial charge is 0.317 e. The summed E-state index contributed by atoms with van der Waals surface area (Å²) in [7, 11) is 0. The van der Waals surface area contributed by atoms with Gasteiger partial charge in [-0.3, -0.25) is 0 Å². The number of carbonyl (C=O) groups excluding carboxylic acids is 1. The molecule has 1 heterocycles. The van der Waals surface area contributed by atoms with Gasteiger partial charge in [0.15, 0.2) is 0 Å². The van der Waals surface area contributed by atoms with E-state index in [4.69, 9.17) is 4.74 Å². The van der Waals surface area contributed by atoms with Crippen molar-refractivity contribution in [2.45, 2.75) is 0 Å². The Kier molecular flexibility index (Phi) is 4.84. The van der Waals surface area contributed by atoms with E-state index in [1.807, 2.05) is 35.2 Å². The van der Waals surface area contributed by atoms with Crippen LogP contribution in [0, 0.1) is 0 Å². The molecule has 1 aliphatic heterocycles. The molecule has 2 N–H and O–H groups in total. The zero-order valence-electron chi connectivity index (χ0n) is 10.4. The van der Waals surface area contributed by atoms with E-state index in [2.05, 4.69) is 10.6 Å². The van der Waals surface area contributed by atoms with E-state index in [-0.39, 0.29) is 6.03 Å². The number of rotatable bonds is 4. The lowest BCUT2D eigenvalue weighted by Gasteiger charge is -2.27. The first-order valence-electron chi connectivity index (χ1n) is 6.27. The number of nitrogens with one attached hydrogen (secondary N) is 2. The zero-order chi connectivity index (χ0) is 12.6. The van der Waals surface area contributed by atoms with Gasteiger partial charge in [0.05, 0.1) is 6.54 Å². The van der Waals surface area contributed by atoms with Gasteiger partial charge in [-0.15, -0.1) is 0 Å². The lowest BCUT2D eigenvalue weighted by Crippen LogP contribution is -2.50. The van der Waals surface area contributed by atoms with Gasteiger partial charge < -0.3 is 20.3 Å². The summed E-state index contributed by atoms with van der Waals surface area (Å²) >= 11 is 0. The molecule has 18 heavy (non-hydrogen) atoms. The Morgan fingerprint density at radius 2 is 2.00 bits per heavy atom. The molecule has 0 aromatic heterocycles. The average molecular weight is 249 g/mol. The van der Waals surface area contributed by atoms with Gasteiger partial charge in [-0.05, 0) is 12.1 Å². The van der Waals surface area contributed by atoms with Crippen LogP contribution in [0.15, 0.2) is 30.3 Å². The third-order valence-corrected chi connectivity index (χ3v) is 2.79. The second-order valence-electron chi connectivity index (χ2n) is 4.13. The van der Waals surface area contributed by atoms with E-state index in [1.54, 1.807) is 0 Å². The molecule has 2 amide bonds. The van der Waals surface area contributed by atoms with Crippen molar-refractivity contribution in [1.82, 2.24) is 15.5 Å². The van der Waals surface area contributed by atoms with Crippen LogP contribution in [0.3, 0.4) is 0 Å². The van der Waals surface area contributed by atoms with E-state index in [1.165, 1.54) is 0 Å². The highest BCUT2D eigenvalue weighted by Gasteiger charge is 2.14. The molecular weight excluding hydrogens is 230 g/mol. The van der Waals surface area contributed by atoms with Crippen molar-refractivity contribution in [3.63, 3.8) is 0 Å². The highest BCUT2D eigenvalue weighted by molar-refractivity contribution is 5.74. The fourth-order valence-electron chi connectivity index (χ4n) is 1.82. The monoisotopic (exact) mass is 249 g/mol. The Bertz CT molecular complexity index is 364. The third-order valence-electron chi connectivity index (χ3n) is 2.79. The molecule has 0 spiro atoms. The van der Waals surface area contributed by atoms with Gasteiger partial charge in [0.2, 0.25) is 0 Å². The van der Waals surface area contributed by atoms with E-state index >= 15 is 0 Å². The predicted octanol–water partition coefficient (Wildman–Crippen LogP) is 0.680. The Balaban J connectivity index is 1.61. The number of para-hydroxylation sites is 1. The lowest BCUT2D eigenvalue weighted by atomic mass is 10.3.